The maximum absolute atomic E-state index is 12.8. The molecule has 0 aromatic carbocycles. The molecule has 0 unspecified atom stereocenters. The van der Waals surface area contributed by atoms with Crippen molar-refractivity contribution in [2.45, 2.75) is 23.0 Å². The van der Waals surface area contributed by atoms with Crippen molar-refractivity contribution in [3.05, 3.63) is 48.2 Å². The molecule has 3 aliphatic heterocycles. The van der Waals surface area contributed by atoms with E-state index in [4.69, 9.17) is 9.15 Å². The second-order valence-electron chi connectivity index (χ2n) is 8.74. The Morgan fingerprint density at radius 1 is 1.26 bits per heavy atom. The molecule has 0 saturated carbocycles. The van der Waals surface area contributed by atoms with E-state index in [9.17, 15) is 9.90 Å². The van der Waals surface area contributed by atoms with E-state index < -0.39 is 5.12 Å². The molecule has 6 rings (SSSR count). The SMILES string of the molecule is Cc1cc(-c2nc(C(=O)Nc3cnc4c(c3)S[C@@](N3CCOCC3)(N3CC(O)C3)N4)co2)ccn1. The number of ether oxygens (including phenoxy) is 1. The second-order valence-corrected chi connectivity index (χ2v) is 9.96. The number of pyridine rings is 2. The number of fused-ring (bicyclic) bond motifs is 1. The van der Waals surface area contributed by atoms with Crippen molar-refractivity contribution in [2.24, 2.45) is 0 Å². The van der Waals surface area contributed by atoms with Crippen LogP contribution in [0.25, 0.3) is 11.5 Å². The fraction of sp³-hybridized carbons (Fsp3) is 0.391. The molecule has 0 radical (unpaired) electrons. The van der Waals surface area contributed by atoms with Crippen LogP contribution in [0.4, 0.5) is 11.5 Å². The largest absolute Gasteiger partial charge is 0.444 e. The lowest BCUT2D eigenvalue weighted by atomic mass is 10.1. The number of aromatic nitrogens is 3. The number of nitrogens with one attached hydrogen (secondary N) is 2. The molecule has 3 aliphatic rings. The maximum atomic E-state index is 12.8. The van der Waals surface area contributed by atoms with Gasteiger partial charge in [-0.1, -0.05) is 11.8 Å². The van der Waals surface area contributed by atoms with Crippen LogP contribution in [-0.4, -0.2) is 86.4 Å². The van der Waals surface area contributed by atoms with Crippen LogP contribution in [0.3, 0.4) is 0 Å². The molecular formula is C23H25N7O4S. The number of morpholine rings is 1. The van der Waals surface area contributed by atoms with Gasteiger partial charge in [0.15, 0.2) is 5.69 Å². The second kappa shape index (κ2) is 8.88. The maximum Gasteiger partial charge on any atom is 0.277 e. The van der Waals surface area contributed by atoms with E-state index in [0.717, 1.165) is 35.1 Å². The quantitative estimate of drug-likeness (QED) is 0.479. The summed E-state index contributed by atoms with van der Waals surface area (Å²) in [6, 6.07) is 5.54. The molecule has 2 fully saturated rings. The number of nitrogens with zero attached hydrogens (tertiary/aromatic N) is 5. The number of anilines is 2. The van der Waals surface area contributed by atoms with Crippen LogP contribution in [0.15, 0.2) is 46.2 Å². The summed E-state index contributed by atoms with van der Waals surface area (Å²) in [7, 11) is 0. The molecule has 0 bridgehead atoms. The number of β-amino-alcohol motifs (C(OH)–C–C–N with tert-alkyl or cyclic N) is 1. The molecule has 6 heterocycles. The van der Waals surface area contributed by atoms with E-state index in [1.807, 2.05) is 19.1 Å². The number of carbonyl (C=O) groups is 1. The Morgan fingerprint density at radius 3 is 2.86 bits per heavy atom. The van der Waals surface area contributed by atoms with Crippen molar-refractivity contribution in [1.29, 1.82) is 0 Å². The number of thioether (sulfide) groups is 1. The lowest BCUT2D eigenvalue weighted by Crippen LogP contribution is -2.71. The number of aliphatic hydroxyl groups is 1. The Bertz CT molecular complexity index is 1260. The topological polar surface area (TPSA) is 129 Å². The smallest absolute Gasteiger partial charge is 0.277 e. The number of aliphatic hydroxyl groups excluding tert-OH is 1. The van der Waals surface area contributed by atoms with E-state index in [2.05, 4.69) is 35.4 Å². The van der Waals surface area contributed by atoms with E-state index >= 15 is 0 Å². The summed E-state index contributed by atoms with van der Waals surface area (Å²) in [5.74, 6) is 0.728. The van der Waals surface area contributed by atoms with Gasteiger partial charge in [0.2, 0.25) is 11.0 Å². The first-order valence-corrected chi connectivity index (χ1v) is 12.2. The highest BCUT2D eigenvalue weighted by Gasteiger charge is 2.52. The molecular weight excluding hydrogens is 470 g/mol. The minimum Gasteiger partial charge on any atom is -0.444 e. The van der Waals surface area contributed by atoms with Crippen LogP contribution in [0.2, 0.25) is 0 Å². The van der Waals surface area contributed by atoms with Crippen LogP contribution in [0.1, 0.15) is 16.2 Å². The first-order chi connectivity index (χ1) is 17.0. The van der Waals surface area contributed by atoms with Crippen LogP contribution in [0, 0.1) is 6.92 Å². The third kappa shape index (κ3) is 4.17. The molecule has 0 spiro atoms. The summed E-state index contributed by atoms with van der Waals surface area (Å²) < 4.78 is 11.1. The minimum absolute atomic E-state index is 0.179. The van der Waals surface area contributed by atoms with Crippen molar-refractivity contribution in [3.63, 3.8) is 0 Å². The van der Waals surface area contributed by atoms with Gasteiger partial charge in [-0.15, -0.1) is 0 Å². The van der Waals surface area contributed by atoms with E-state index in [0.29, 0.717) is 37.9 Å². The molecule has 1 atom stereocenters. The van der Waals surface area contributed by atoms with E-state index in [1.54, 1.807) is 30.2 Å². The first-order valence-electron chi connectivity index (χ1n) is 11.4. The minimum atomic E-state index is -0.537. The van der Waals surface area contributed by atoms with Gasteiger partial charge in [0.05, 0.1) is 36.1 Å². The van der Waals surface area contributed by atoms with Crippen molar-refractivity contribution in [2.75, 3.05) is 50.0 Å². The summed E-state index contributed by atoms with van der Waals surface area (Å²) in [6.45, 7) is 5.91. The van der Waals surface area contributed by atoms with Crippen molar-refractivity contribution in [3.8, 4) is 11.5 Å². The summed E-state index contributed by atoms with van der Waals surface area (Å²) in [5, 5.41) is 15.9. The van der Waals surface area contributed by atoms with Gasteiger partial charge in [-0.25, -0.2) is 9.97 Å². The third-order valence-electron chi connectivity index (χ3n) is 6.26. The molecule has 35 heavy (non-hydrogen) atoms. The molecule has 2 saturated heterocycles. The van der Waals surface area contributed by atoms with Gasteiger partial charge in [0.1, 0.15) is 12.1 Å². The number of carbonyl (C=O) groups excluding carboxylic acids is 1. The summed E-state index contributed by atoms with van der Waals surface area (Å²) in [5.41, 5.74) is 2.34. The molecule has 12 heteroatoms. The van der Waals surface area contributed by atoms with Crippen LogP contribution in [-0.2, 0) is 4.74 Å². The van der Waals surface area contributed by atoms with Crippen LogP contribution < -0.4 is 10.6 Å². The number of hydrogen-bond donors (Lipinski definition) is 3. The van der Waals surface area contributed by atoms with Gasteiger partial charge >= 0.3 is 0 Å². The number of amides is 1. The zero-order valence-electron chi connectivity index (χ0n) is 19.1. The third-order valence-corrected chi connectivity index (χ3v) is 7.69. The number of rotatable bonds is 5. The Kier molecular flexibility index (Phi) is 5.69. The predicted octanol–water partition coefficient (Wildman–Crippen LogP) is 1.83. The fourth-order valence-corrected chi connectivity index (χ4v) is 5.89. The monoisotopic (exact) mass is 495 g/mol. The highest BCUT2D eigenvalue weighted by Crippen LogP contribution is 2.50. The van der Waals surface area contributed by atoms with E-state index in [1.165, 1.54) is 6.26 Å². The van der Waals surface area contributed by atoms with E-state index in [-0.39, 0.29) is 17.7 Å². The van der Waals surface area contributed by atoms with Gasteiger partial charge in [-0.2, -0.15) is 0 Å². The summed E-state index contributed by atoms with van der Waals surface area (Å²) in [4.78, 5) is 31.4. The Balaban J connectivity index is 1.19. The average molecular weight is 496 g/mol. The standard InChI is InChI=1S/C23H25N7O4S/c1-14-8-15(2-3-24-14)22-27-18(13-34-22)21(32)26-16-9-19-20(25-10-16)28-23(35-19,30-11-17(31)12-30)29-4-6-33-7-5-29/h2-3,8-10,13,17,31H,4-7,11-12H2,1H3,(H,25,28)(H,26,32)/t23-/m0/s1. The van der Waals surface area contributed by atoms with Crippen LogP contribution >= 0.6 is 11.8 Å². The lowest BCUT2D eigenvalue weighted by molar-refractivity contribution is -0.101. The average Bonchev–Trinajstić information content (AvgIpc) is 3.48. The van der Waals surface area contributed by atoms with Gasteiger partial charge in [0.25, 0.3) is 5.91 Å². The lowest BCUT2D eigenvalue weighted by Gasteiger charge is -2.53. The Hall–Kier alpha value is -3.03. The molecule has 1 amide bonds. The molecule has 11 nitrogen and oxygen atoms in total. The van der Waals surface area contributed by atoms with Crippen molar-refractivity contribution >= 4 is 29.2 Å². The van der Waals surface area contributed by atoms with Crippen molar-refractivity contribution < 1.29 is 19.1 Å². The zero-order valence-corrected chi connectivity index (χ0v) is 19.9. The number of oxazole rings is 1. The number of hydrogen-bond acceptors (Lipinski definition) is 11. The molecule has 3 N–H and O–H groups in total. The highest BCUT2D eigenvalue weighted by atomic mass is 32.2. The molecule has 3 aromatic heterocycles. The first kappa shape index (κ1) is 22.4. The van der Waals surface area contributed by atoms with Gasteiger partial charge in [0, 0.05) is 43.6 Å². The molecule has 3 aromatic rings. The van der Waals surface area contributed by atoms with Crippen LogP contribution in [0.5, 0.6) is 0 Å². The van der Waals surface area contributed by atoms with Gasteiger partial charge in [-0.05, 0) is 25.1 Å². The fourth-order valence-electron chi connectivity index (χ4n) is 4.46. The molecule has 182 valence electrons. The normalized spacial score (nSPS) is 22.9. The zero-order chi connectivity index (χ0) is 24.0. The Labute approximate surface area is 205 Å². The number of likely N-dealkylation sites (tertiary alicyclic amines) is 1. The predicted molar refractivity (Wildman–Crippen MR) is 129 cm³/mol. The van der Waals surface area contributed by atoms with Gasteiger partial charge < -0.3 is 24.9 Å². The number of aryl methyl sites for hydroxylation is 1. The Morgan fingerprint density at radius 2 is 2.09 bits per heavy atom. The summed E-state index contributed by atoms with van der Waals surface area (Å²) >= 11 is 1.64. The van der Waals surface area contributed by atoms with Gasteiger partial charge in [-0.3, -0.25) is 19.6 Å². The molecule has 0 aliphatic carbocycles. The summed E-state index contributed by atoms with van der Waals surface area (Å²) in [6.07, 6.45) is 4.31. The van der Waals surface area contributed by atoms with Crippen molar-refractivity contribution in [1.82, 2.24) is 24.8 Å². The highest BCUT2D eigenvalue weighted by molar-refractivity contribution is 8.01.